The van der Waals surface area contributed by atoms with Crippen molar-refractivity contribution in [3.63, 3.8) is 0 Å². The van der Waals surface area contributed by atoms with Crippen LogP contribution in [-0.2, 0) is 0 Å². The first kappa shape index (κ1) is 31.4. The molecule has 0 aliphatic carbocycles. The minimum absolute atomic E-state index is 1.13. The van der Waals surface area contributed by atoms with E-state index < -0.39 is 0 Å². The van der Waals surface area contributed by atoms with Gasteiger partial charge in [0.05, 0.1) is 49.8 Å². The van der Waals surface area contributed by atoms with E-state index in [9.17, 15) is 0 Å². The van der Waals surface area contributed by atoms with Crippen molar-refractivity contribution in [2.45, 2.75) is 0 Å². The SMILES string of the molecule is c1ccc(-n2c3ccccc3c3ccc(-n4c5ccccc5c5cc(-n6c7ccccc7c7cccc(-n8c9ccccc9c9ccccc98)c76)ccc54)cc32)cc1. The molecule has 0 spiro atoms. The van der Waals surface area contributed by atoms with Crippen molar-refractivity contribution < 1.29 is 0 Å². The maximum Gasteiger partial charge on any atom is 0.0782 e. The Balaban J connectivity index is 1.09. The second-order valence-corrected chi connectivity index (χ2v) is 15.3. The fourth-order valence-electron chi connectivity index (χ4n) is 9.96. The van der Waals surface area contributed by atoms with E-state index >= 15 is 0 Å². The standard InChI is InChI=1S/C54H34N4/c1-2-15-35(16-3-1)55-46-23-9-4-19-40(46)43-31-29-37(34-53(43)55)56-47-24-10-8-21-42(47)45-33-36(30-32-51(45)56)57-48-25-11-7-20-41(48)44-22-14-28-52(54(44)57)58-49-26-12-5-17-38(49)39-18-6-13-27-50(39)58/h1-34H. The first-order chi connectivity index (χ1) is 28.8. The second kappa shape index (κ2) is 11.8. The topological polar surface area (TPSA) is 19.7 Å². The van der Waals surface area contributed by atoms with Gasteiger partial charge in [-0.15, -0.1) is 0 Å². The van der Waals surface area contributed by atoms with Crippen molar-refractivity contribution in [3.05, 3.63) is 206 Å². The molecule has 4 nitrogen and oxygen atoms in total. The third-order valence-corrected chi connectivity index (χ3v) is 12.3. The minimum Gasteiger partial charge on any atom is -0.309 e. The molecule has 4 heteroatoms. The van der Waals surface area contributed by atoms with Crippen LogP contribution in [0.15, 0.2) is 206 Å². The van der Waals surface area contributed by atoms with E-state index in [1.807, 2.05) is 0 Å². The Morgan fingerprint density at radius 1 is 0.207 bits per heavy atom. The van der Waals surface area contributed by atoms with Gasteiger partial charge in [0.1, 0.15) is 0 Å². The van der Waals surface area contributed by atoms with Crippen molar-refractivity contribution in [2.75, 3.05) is 0 Å². The van der Waals surface area contributed by atoms with Gasteiger partial charge >= 0.3 is 0 Å². The number of rotatable bonds is 4. The summed E-state index contributed by atoms with van der Waals surface area (Å²) < 4.78 is 9.78. The highest BCUT2D eigenvalue weighted by atomic mass is 15.1. The number of para-hydroxylation sites is 7. The van der Waals surface area contributed by atoms with Crippen molar-refractivity contribution >= 4 is 87.2 Å². The average Bonchev–Trinajstić information content (AvgIpc) is 4.01. The summed E-state index contributed by atoms with van der Waals surface area (Å²) in [4.78, 5) is 0. The van der Waals surface area contributed by atoms with Gasteiger partial charge in [0.25, 0.3) is 0 Å². The van der Waals surface area contributed by atoms with Gasteiger partial charge in [-0.2, -0.15) is 0 Å². The number of aromatic nitrogens is 4. The molecule has 13 rings (SSSR count). The minimum atomic E-state index is 1.13. The van der Waals surface area contributed by atoms with Crippen LogP contribution in [-0.4, -0.2) is 18.3 Å². The molecular weight excluding hydrogens is 705 g/mol. The number of hydrogen-bond donors (Lipinski definition) is 0. The lowest BCUT2D eigenvalue weighted by Gasteiger charge is -2.15. The lowest BCUT2D eigenvalue weighted by Crippen LogP contribution is -2.01. The van der Waals surface area contributed by atoms with Crippen LogP contribution in [0.25, 0.3) is 110 Å². The zero-order valence-corrected chi connectivity index (χ0v) is 31.4. The summed E-state index contributed by atoms with van der Waals surface area (Å²) in [5.74, 6) is 0. The van der Waals surface area contributed by atoms with Crippen LogP contribution < -0.4 is 0 Å². The largest absolute Gasteiger partial charge is 0.309 e. The smallest absolute Gasteiger partial charge is 0.0782 e. The molecule has 0 radical (unpaired) electrons. The predicted octanol–water partition coefficient (Wildman–Crippen LogP) is 14.1. The summed E-state index contributed by atoms with van der Waals surface area (Å²) in [7, 11) is 0. The van der Waals surface area contributed by atoms with Crippen LogP contribution in [0.1, 0.15) is 0 Å². The Labute approximate surface area is 333 Å². The van der Waals surface area contributed by atoms with E-state index in [2.05, 4.69) is 225 Å². The van der Waals surface area contributed by atoms with E-state index in [4.69, 9.17) is 0 Å². The molecule has 4 aromatic heterocycles. The quantitative estimate of drug-likeness (QED) is 0.171. The highest BCUT2D eigenvalue weighted by molar-refractivity contribution is 6.16. The number of benzene rings is 9. The van der Waals surface area contributed by atoms with Gasteiger partial charge in [-0.3, -0.25) is 0 Å². The van der Waals surface area contributed by atoms with Crippen molar-refractivity contribution in [2.24, 2.45) is 0 Å². The molecule has 4 heterocycles. The summed E-state index contributed by atoms with van der Waals surface area (Å²) >= 11 is 0. The first-order valence-electron chi connectivity index (χ1n) is 20.0. The molecule has 0 bridgehead atoms. The fourth-order valence-corrected chi connectivity index (χ4v) is 9.96. The summed E-state index contributed by atoms with van der Waals surface area (Å²) in [5, 5.41) is 9.94. The van der Waals surface area contributed by atoms with Crippen LogP contribution in [0, 0.1) is 0 Å². The molecule has 0 unspecified atom stereocenters. The Hall–Kier alpha value is -7.82. The van der Waals surface area contributed by atoms with Gasteiger partial charge in [0.2, 0.25) is 0 Å². The second-order valence-electron chi connectivity index (χ2n) is 15.3. The Bertz CT molecular complexity index is 3740. The van der Waals surface area contributed by atoms with E-state index in [0.717, 1.165) is 22.7 Å². The molecule has 0 saturated heterocycles. The van der Waals surface area contributed by atoms with Crippen LogP contribution >= 0.6 is 0 Å². The molecule has 0 atom stereocenters. The van der Waals surface area contributed by atoms with E-state index in [1.165, 1.54) is 87.2 Å². The van der Waals surface area contributed by atoms with Crippen LogP contribution in [0.2, 0.25) is 0 Å². The highest BCUT2D eigenvalue weighted by Crippen LogP contribution is 2.42. The van der Waals surface area contributed by atoms with E-state index in [0.29, 0.717) is 0 Å². The van der Waals surface area contributed by atoms with Crippen LogP contribution in [0.5, 0.6) is 0 Å². The monoisotopic (exact) mass is 738 g/mol. The lowest BCUT2D eigenvalue weighted by atomic mass is 10.1. The summed E-state index contributed by atoms with van der Waals surface area (Å²) in [5.41, 5.74) is 14.1. The third kappa shape index (κ3) is 4.23. The molecule has 270 valence electrons. The van der Waals surface area contributed by atoms with Gasteiger partial charge in [-0.25, -0.2) is 0 Å². The summed E-state index contributed by atoms with van der Waals surface area (Å²) in [6.07, 6.45) is 0. The normalized spacial score (nSPS) is 12.1. The number of fused-ring (bicyclic) bond motifs is 12. The Kier molecular flexibility index (Phi) is 6.41. The molecule has 0 aliphatic heterocycles. The highest BCUT2D eigenvalue weighted by Gasteiger charge is 2.22. The molecule has 0 N–H and O–H groups in total. The van der Waals surface area contributed by atoms with Gasteiger partial charge in [-0.1, -0.05) is 127 Å². The molecule has 0 saturated carbocycles. The van der Waals surface area contributed by atoms with Crippen molar-refractivity contribution in [1.82, 2.24) is 18.3 Å². The fraction of sp³-hybridized carbons (Fsp3) is 0. The molecule has 0 aliphatic rings. The lowest BCUT2D eigenvalue weighted by molar-refractivity contribution is 1.13. The predicted molar refractivity (Wildman–Crippen MR) is 244 cm³/mol. The van der Waals surface area contributed by atoms with Gasteiger partial charge in [0, 0.05) is 60.2 Å². The van der Waals surface area contributed by atoms with Crippen LogP contribution in [0.3, 0.4) is 0 Å². The first-order valence-corrected chi connectivity index (χ1v) is 20.0. The molecule has 0 amide bonds. The molecule has 9 aromatic carbocycles. The molecule has 0 fully saturated rings. The summed E-state index contributed by atoms with van der Waals surface area (Å²) in [6.45, 7) is 0. The average molecular weight is 739 g/mol. The number of nitrogens with zero attached hydrogens (tertiary/aromatic N) is 4. The molecular formula is C54H34N4. The Morgan fingerprint density at radius 3 is 1.24 bits per heavy atom. The third-order valence-electron chi connectivity index (χ3n) is 12.3. The van der Waals surface area contributed by atoms with E-state index in [-0.39, 0.29) is 0 Å². The van der Waals surface area contributed by atoms with Crippen LogP contribution in [0.4, 0.5) is 0 Å². The maximum atomic E-state index is 2.49. The van der Waals surface area contributed by atoms with Gasteiger partial charge in [0.15, 0.2) is 0 Å². The van der Waals surface area contributed by atoms with Crippen molar-refractivity contribution in [3.8, 4) is 22.7 Å². The van der Waals surface area contributed by atoms with Gasteiger partial charge < -0.3 is 18.3 Å². The molecule has 13 aromatic rings. The number of hydrogen-bond acceptors (Lipinski definition) is 0. The molecule has 58 heavy (non-hydrogen) atoms. The van der Waals surface area contributed by atoms with Gasteiger partial charge in [-0.05, 0) is 78.9 Å². The zero-order chi connectivity index (χ0) is 37.9. The Morgan fingerprint density at radius 2 is 0.621 bits per heavy atom. The summed E-state index contributed by atoms with van der Waals surface area (Å²) in [6, 6.07) is 75.5. The maximum absolute atomic E-state index is 2.49. The zero-order valence-electron chi connectivity index (χ0n) is 31.4. The van der Waals surface area contributed by atoms with E-state index in [1.54, 1.807) is 0 Å². The van der Waals surface area contributed by atoms with Crippen molar-refractivity contribution in [1.29, 1.82) is 0 Å².